The van der Waals surface area contributed by atoms with Gasteiger partial charge in [0.1, 0.15) is 17.1 Å². The number of hydrazone groups is 1. The van der Waals surface area contributed by atoms with E-state index >= 15 is 0 Å². The lowest BCUT2D eigenvalue weighted by Crippen LogP contribution is -2.31. The van der Waals surface area contributed by atoms with Crippen LogP contribution in [0.15, 0.2) is 84.0 Å². The highest BCUT2D eigenvalue weighted by atomic mass is 35.5. The molecule has 0 spiro atoms. The van der Waals surface area contributed by atoms with Crippen molar-refractivity contribution < 1.29 is 23.8 Å². The van der Waals surface area contributed by atoms with Crippen LogP contribution in [0.2, 0.25) is 5.02 Å². The highest BCUT2D eigenvalue weighted by molar-refractivity contribution is 6.33. The monoisotopic (exact) mass is 543 g/mol. The molecule has 1 amide bonds. The van der Waals surface area contributed by atoms with Gasteiger partial charge in [0.15, 0.2) is 6.61 Å². The van der Waals surface area contributed by atoms with Crippen LogP contribution in [0.3, 0.4) is 0 Å². The van der Waals surface area contributed by atoms with Crippen LogP contribution in [0.1, 0.15) is 33.9 Å². The minimum absolute atomic E-state index is 0.0676. The minimum Gasteiger partial charge on any atom is -0.497 e. The van der Waals surface area contributed by atoms with Crippen LogP contribution in [0.25, 0.3) is 10.8 Å². The quantitative estimate of drug-likeness (QED) is 0.239. The molecule has 1 atom stereocenters. The molecule has 4 aromatic carbocycles. The third-order valence-corrected chi connectivity index (χ3v) is 6.94. The molecule has 39 heavy (non-hydrogen) atoms. The van der Waals surface area contributed by atoms with E-state index in [9.17, 15) is 9.59 Å². The van der Waals surface area contributed by atoms with E-state index in [0.717, 1.165) is 27.6 Å². The zero-order chi connectivity index (χ0) is 27.5. The van der Waals surface area contributed by atoms with Crippen molar-refractivity contribution in [3.8, 4) is 11.5 Å². The number of methoxy groups -OCH3 is 2. The third kappa shape index (κ3) is 5.37. The predicted molar refractivity (Wildman–Crippen MR) is 150 cm³/mol. The second kappa shape index (κ2) is 11.0. The molecule has 0 bridgehead atoms. The molecule has 9 heteroatoms. The number of esters is 1. The van der Waals surface area contributed by atoms with E-state index in [1.54, 1.807) is 7.11 Å². The Labute approximate surface area is 230 Å². The molecule has 4 aromatic rings. The van der Waals surface area contributed by atoms with Crippen molar-refractivity contribution in [2.45, 2.75) is 12.5 Å². The van der Waals surface area contributed by atoms with Gasteiger partial charge in [0.05, 0.1) is 36.7 Å². The summed E-state index contributed by atoms with van der Waals surface area (Å²) < 4.78 is 15.9. The molecule has 0 aromatic heterocycles. The first-order valence-electron chi connectivity index (χ1n) is 12.2. The first-order valence-corrected chi connectivity index (χ1v) is 12.6. The molecule has 1 unspecified atom stereocenters. The fraction of sp³-hybridized carbons (Fsp3) is 0.167. The molecule has 1 aliphatic heterocycles. The largest absolute Gasteiger partial charge is 0.497 e. The Kier molecular flexibility index (Phi) is 7.38. The SMILES string of the molecule is COc1ccc(C2CC(c3ccc4ccccc4c3)=NN2C(=O)COC(=O)c2cc(Cl)c(N)cc2OC)cc1. The Hall–Kier alpha value is -4.56. The summed E-state index contributed by atoms with van der Waals surface area (Å²) in [5.74, 6) is -0.333. The van der Waals surface area contributed by atoms with Crippen molar-refractivity contribution in [2.24, 2.45) is 5.10 Å². The third-order valence-electron chi connectivity index (χ3n) is 6.61. The fourth-order valence-electron chi connectivity index (χ4n) is 4.54. The van der Waals surface area contributed by atoms with Crippen LogP contribution in [0, 0.1) is 0 Å². The number of nitrogens with two attached hydrogens (primary N) is 1. The summed E-state index contributed by atoms with van der Waals surface area (Å²) >= 11 is 6.08. The molecule has 0 saturated carbocycles. The average Bonchev–Trinajstić information content (AvgIpc) is 3.42. The van der Waals surface area contributed by atoms with Crippen molar-refractivity contribution in [1.29, 1.82) is 0 Å². The van der Waals surface area contributed by atoms with Gasteiger partial charge in [-0.15, -0.1) is 0 Å². The standard InChI is InChI=1S/C30H26ClN3O5/c1-37-22-11-9-19(10-12-22)27-16-26(21-8-7-18-5-3-4-6-20(18)13-21)33-34(27)29(35)17-39-30(36)23-14-24(31)25(32)15-28(23)38-2/h3-15,27H,16-17,32H2,1-2H3. The second-order valence-electron chi connectivity index (χ2n) is 8.99. The molecule has 0 aliphatic carbocycles. The Balaban J connectivity index is 1.41. The zero-order valence-corrected chi connectivity index (χ0v) is 22.1. The molecule has 198 valence electrons. The lowest BCUT2D eigenvalue weighted by atomic mass is 9.97. The van der Waals surface area contributed by atoms with E-state index in [1.165, 1.54) is 24.3 Å². The molecular weight excluding hydrogens is 518 g/mol. The van der Waals surface area contributed by atoms with Gasteiger partial charge in [-0.05, 0) is 46.2 Å². The molecule has 1 heterocycles. The highest BCUT2D eigenvalue weighted by Crippen LogP contribution is 2.35. The number of nitrogen functional groups attached to an aromatic ring is 1. The number of rotatable bonds is 7. The second-order valence-corrected chi connectivity index (χ2v) is 9.40. The summed E-state index contributed by atoms with van der Waals surface area (Å²) in [6.07, 6.45) is 0.492. The van der Waals surface area contributed by atoms with Gasteiger partial charge in [-0.3, -0.25) is 4.79 Å². The lowest BCUT2D eigenvalue weighted by Gasteiger charge is -2.22. The number of anilines is 1. The van der Waals surface area contributed by atoms with Gasteiger partial charge in [0, 0.05) is 12.5 Å². The van der Waals surface area contributed by atoms with Crippen molar-refractivity contribution in [1.82, 2.24) is 5.01 Å². The Bertz CT molecular complexity index is 1590. The number of hydrogen-bond donors (Lipinski definition) is 1. The van der Waals surface area contributed by atoms with Crippen molar-refractivity contribution >= 4 is 45.6 Å². The Morgan fingerprint density at radius 2 is 1.72 bits per heavy atom. The molecular formula is C30H26ClN3O5. The molecule has 5 rings (SSSR count). The summed E-state index contributed by atoms with van der Waals surface area (Å²) in [5.41, 5.74) is 8.68. The number of ether oxygens (including phenoxy) is 3. The number of amides is 1. The summed E-state index contributed by atoms with van der Waals surface area (Å²) in [5, 5.41) is 8.44. The molecule has 0 saturated heterocycles. The highest BCUT2D eigenvalue weighted by Gasteiger charge is 2.34. The smallest absolute Gasteiger partial charge is 0.342 e. The first kappa shape index (κ1) is 26.1. The number of benzene rings is 4. The van der Waals surface area contributed by atoms with Gasteiger partial charge < -0.3 is 19.9 Å². The summed E-state index contributed by atoms with van der Waals surface area (Å²) in [7, 11) is 3.00. The van der Waals surface area contributed by atoms with Crippen LogP contribution in [-0.4, -0.2) is 43.4 Å². The maximum Gasteiger partial charge on any atom is 0.342 e. The molecule has 0 radical (unpaired) electrons. The molecule has 2 N–H and O–H groups in total. The predicted octanol–water partition coefficient (Wildman–Crippen LogP) is 5.63. The van der Waals surface area contributed by atoms with Crippen molar-refractivity contribution in [3.63, 3.8) is 0 Å². The number of fused-ring (bicyclic) bond motifs is 1. The Morgan fingerprint density at radius 3 is 2.44 bits per heavy atom. The lowest BCUT2D eigenvalue weighted by molar-refractivity contribution is -0.136. The molecule has 8 nitrogen and oxygen atoms in total. The zero-order valence-electron chi connectivity index (χ0n) is 21.4. The summed E-state index contributed by atoms with van der Waals surface area (Å²) in [6, 6.07) is 24.0. The van der Waals surface area contributed by atoms with Gasteiger partial charge in [0.25, 0.3) is 5.91 Å². The minimum atomic E-state index is -0.763. The maximum absolute atomic E-state index is 13.4. The van der Waals surface area contributed by atoms with Gasteiger partial charge in [-0.2, -0.15) is 5.10 Å². The summed E-state index contributed by atoms with van der Waals surface area (Å²) in [4.78, 5) is 26.2. The van der Waals surface area contributed by atoms with Crippen molar-refractivity contribution in [2.75, 3.05) is 26.6 Å². The van der Waals surface area contributed by atoms with Crippen LogP contribution in [0.4, 0.5) is 5.69 Å². The number of halogens is 1. The Morgan fingerprint density at radius 1 is 0.974 bits per heavy atom. The van der Waals surface area contributed by atoms with Crippen LogP contribution < -0.4 is 15.2 Å². The number of hydrogen-bond acceptors (Lipinski definition) is 7. The van der Waals surface area contributed by atoms with Crippen LogP contribution in [0.5, 0.6) is 11.5 Å². The number of carbonyl (C=O) groups is 2. The van der Waals surface area contributed by atoms with Gasteiger partial charge >= 0.3 is 5.97 Å². The van der Waals surface area contributed by atoms with E-state index in [4.69, 9.17) is 36.6 Å². The van der Waals surface area contributed by atoms with Gasteiger partial charge in [-0.25, -0.2) is 9.80 Å². The van der Waals surface area contributed by atoms with Crippen LogP contribution in [-0.2, 0) is 9.53 Å². The number of nitrogens with zero attached hydrogens (tertiary/aromatic N) is 2. The van der Waals surface area contributed by atoms with E-state index in [-0.39, 0.29) is 28.1 Å². The molecule has 0 fully saturated rings. The van der Waals surface area contributed by atoms with Crippen molar-refractivity contribution in [3.05, 3.63) is 101 Å². The van der Waals surface area contributed by atoms with Gasteiger partial charge in [0.2, 0.25) is 0 Å². The number of carbonyl (C=O) groups excluding carboxylic acids is 2. The van der Waals surface area contributed by atoms with E-state index in [1.807, 2.05) is 60.7 Å². The molecule has 1 aliphatic rings. The normalized spacial score (nSPS) is 14.7. The van der Waals surface area contributed by atoms with E-state index in [0.29, 0.717) is 12.2 Å². The average molecular weight is 544 g/mol. The van der Waals surface area contributed by atoms with Gasteiger partial charge in [-0.1, -0.05) is 60.1 Å². The van der Waals surface area contributed by atoms with E-state index < -0.39 is 18.5 Å². The maximum atomic E-state index is 13.4. The van der Waals surface area contributed by atoms with Crippen LogP contribution >= 0.6 is 11.6 Å². The summed E-state index contributed by atoms with van der Waals surface area (Å²) in [6.45, 7) is -0.523. The fourth-order valence-corrected chi connectivity index (χ4v) is 4.70. The topological polar surface area (TPSA) is 103 Å². The first-order chi connectivity index (χ1) is 18.9. The van der Waals surface area contributed by atoms with E-state index in [2.05, 4.69) is 6.07 Å².